The van der Waals surface area contributed by atoms with Gasteiger partial charge in [-0.25, -0.2) is 0 Å². The minimum atomic E-state index is -5.91. The van der Waals surface area contributed by atoms with Crippen molar-refractivity contribution in [3.8, 4) is 0 Å². The summed E-state index contributed by atoms with van der Waals surface area (Å²) < 4.78 is 132. The van der Waals surface area contributed by atoms with E-state index in [2.05, 4.69) is 7.74 Å². The molecule has 0 N–H and O–H groups in total. The highest BCUT2D eigenvalue weighted by Crippen LogP contribution is 2.40. The van der Waals surface area contributed by atoms with Gasteiger partial charge in [0.1, 0.15) is 0 Å². The molecule has 0 atom stereocenters. The standard InChI is InChI=1S/C10H24F6O6S2Si4/c1-25(2,21-23(17,18)9(11,12)13)27(5,6)28(7,8)26(3,4)22-24(19,20)10(14,15)16/h1-8H3. The van der Waals surface area contributed by atoms with Gasteiger partial charge in [0.2, 0.25) is 0 Å². The summed E-state index contributed by atoms with van der Waals surface area (Å²) in [6.07, 6.45) is 0. The molecule has 0 fully saturated rings. The van der Waals surface area contributed by atoms with Crippen molar-refractivity contribution in [3.05, 3.63) is 0 Å². The van der Waals surface area contributed by atoms with Crippen LogP contribution in [0, 0.1) is 0 Å². The van der Waals surface area contributed by atoms with Gasteiger partial charge < -0.3 is 7.74 Å². The first-order valence-electron chi connectivity index (χ1n) is 7.70. The van der Waals surface area contributed by atoms with Crippen LogP contribution in [0.5, 0.6) is 0 Å². The summed E-state index contributed by atoms with van der Waals surface area (Å²) in [4.78, 5) is 0. The maximum atomic E-state index is 12.8. The first-order valence-corrected chi connectivity index (χ1v) is 25.3. The summed E-state index contributed by atoms with van der Waals surface area (Å²) >= 11 is 0. The second-order valence-corrected chi connectivity index (χ2v) is 50.1. The molecule has 0 radical (unpaired) electrons. The van der Waals surface area contributed by atoms with Crippen molar-refractivity contribution in [2.45, 2.75) is 63.4 Å². The lowest BCUT2D eigenvalue weighted by Gasteiger charge is -2.51. The molecule has 0 aliphatic heterocycles. The van der Waals surface area contributed by atoms with E-state index in [1.807, 2.05) is 0 Å². The van der Waals surface area contributed by atoms with Gasteiger partial charge in [-0.2, -0.15) is 43.2 Å². The summed E-state index contributed by atoms with van der Waals surface area (Å²) in [7, 11) is -25.5. The highest BCUT2D eigenvalue weighted by molar-refractivity contribution is 7.93. The van der Waals surface area contributed by atoms with Gasteiger partial charge in [-0.1, -0.05) is 26.2 Å². The second kappa shape index (κ2) is 7.45. The van der Waals surface area contributed by atoms with Gasteiger partial charge in [0.05, 0.1) is 14.2 Å². The van der Waals surface area contributed by atoms with Crippen molar-refractivity contribution >= 4 is 50.1 Å². The predicted molar refractivity (Wildman–Crippen MR) is 102 cm³/mol. The van der Waals surface area contributed by atoms with E-state index in [0.717, 1.165) is 0 Å². The fourth-order valence-corrected chi connectivity index (χ4v) is 72.5. The summed E-state index contributed by atoms with van der Waals surface area (Å²) in [5.41, 5.74) is -11.3. The molecule has 0 unspecified atom stereocenters. The molecule has 6 nitrogen and oxygen atoms in total. The monoisotopic (exact) mass is 530 g/mol. The van der Waals surface area contributed by atoms with Crippen LogP contribution in [0.1, 0.15) is 0 Å². The third-order valence-electron chi connectivity index (χ3n) is 5.78. The molecule has 0 saturated heterocycles. The first-order chi connectivity index (χ1) is 11.7. The lowest BCUT2D eigenvalue weighted by atomic mass is 11.6. The SMILES string of the molecule is C[Si](C)(OS(=O)(=O)C(F)(F)F)[Si](C)(C)[Si](C)(C)[Si](C)(C)OS(=O)(=O)C(F)(F)F. The van der Waals surface area contributed by atoms with Crippen LogP contribution in [0.25, 0.3) is 0 Å². The Balaban J connectivity index is 6.24. The zero-order valence-corrected chi connectivity index (χ0v) is 22.2. The summed E-state index contributed by atoms with van der Waals surface area (Å²) in [6, 6.07) is 0. The molecule has 0 heterocycles. The summed E-state index contributed by atoms with van der Waals surface area (Å²) in [6.45, 7) is 11.1. The normalized spacial score (nSPS) is 16.4. The van der Waals surface area contributed by atoms with Gasteiger partial charge in [0.25, 0.3) is 0 Å². The quantitative estimate of drug-likeness (QED) is 0.283. The van der Waals surface area contributed by atoms with Crippen molar-refractivity contribution in [2.24, 2.45) is 0 Å². The Labute approximate surface area is 164 Å². The van der Waals surface area contributed by atoms with E-state index in [1.54, 1.807) is 0 Å². The van der Waals surface area contributed by atoms with E-state index in [0.29, 0.717) is 0 Å². The molecule has 0 bridgehead atoms. The topological polar surface area (TPSA) is 86.7 Å². The largest absolute Gasteiger partial charge is 0.522 e. The third-order valence-corrected chi connectivity index (χ3v) is 74.4. The van der Waals surface area contributed by atoms with Crippen LogP contribution < -0.4 is 0 Å². The van der Waals surface area contributed by atoms with E-state index in [1.165, 1.54) is 52.4 Å². The summed E-state index contributed by atoms with van der Waals surface area (Å²) in [5, 5.41) is 0. The van der Waals surface area contributed by atoms with Gasteiger partial charge in [-0.15, -0.1) is 0 Å². The molecular weight excluding hydrogens is 507 g/mol. The fraction of sp³-hybridized carbons (Fsp3) is 1.00. The Hall–Kier alpha value is 0.268. The molecule has 0 saturated carbocycles. The van der Waals surface area contributed by atoms with Crippen LogP contribution in [0.2, 0.25) is 52.4 Å². The Bertz CT molecular complexity index is 733. The van der Waals surface area contributed by atoms with E-state index in [9.17, 15) is 43.2 Å². The zero-order chi connectivity index (χ0) is 23.4. The fourth-order valence-electron chi connectivity index (χ4n) is 2.36. The lowest BCUT2D eigenvalue weighted by Crippen LogP contribution is -2.81. The van der Waals surface area contributed by atoms with E-state index < -0.39 is 61.1 Å². The molecule has 0 spiro atoms. The lowest BCUT2D eigenvalue weighted by molar-refractivity contribution is -0.0507. The number of hydrogen-bond donors (Lipinski definition) is 0. The molecule has 170 valence electrons. The maximum Gasteiger partial charge on any atom is 0.522 e. The predicted octanol–water partition coefficient (Wildman–Crippen LogP) is 3.78. The highest BCUT2D eigenvalue weighted by Gasteiger charge is 2.66. The van der Waals surface area contributed by atoms with Gasteiger partial charge in [-0.3, -0.25) is 0 Å². The van der Waals surface area contributed by atoms with Crippen LogP contribution in [0.15, 0.2) is 0 Å². The van der Waals surface area contributed by atoms with Gasteiger partial charge >= 0.3 is 31.3 Å². The van der Waals surface area contributed by atoms with E-state index >= 15 is 0 Å². The highest BCUT2D eigenvalue weighted by atomic mass is 32.2. The Morgan fingerprint density at radius 3 is 0.857 bits per heavy atom. The Morgan fingerprint density at radius 1 is 0.536 bits per heavy atom. The van der Waals surface area contributed by atoms with Crippen LogP contribution >= 0.6 is 0 Å². The number of halogens is 6. The average Bonchev–Trinajstić information content (AvgIpc) is 2.32. The number of hydrogen-bond acceptors (Lipinski definition) is 6. The van der Waals surface area contributed by atoms with Crippen LogP contribution in [0.3, 0.4) is 0 Å². The molecular formula is C10H24F6O6S2Si4. The minimum absolute atomic E-state index is 1.25. The first kappa shape index (κ1) is 28.3. The minimum Gasteiger partial charge on any atom is -0.312 e. The molecule has 18 heteroatoms. The molecule has 0 aliphatic carbocycles. The zero-order valence-electron chi connectivity index (χ0n) is 16.5. The average molecular weight is 531 g/mol. The van der Waals surface area contributed by atoms with E-state index in [-0.39, 0.29) is 0 Å². The molecule has 0 aliphatic rings. The second-order valence-electron chi connectivity index (χ2n) is 8.24. The van der Waals surface area contributed by atoms with Crippen molar-refractivity contribution < 1.29 is 50.9 Å². The molecule has 0 aromatic heterocycles. The van der Waals surface area contributed by atoms with Crippen LogP contribution in [-0.4, -0.2) is 57.7 Å². The smallest absolute Gasteiger partial charge is 0.312 e. The van der Waals surface area contributed by atoms with Crippen molar-refractivity contribution in [2.75, 3.05) is 0 Å². The van der Waals surface area contributed by atoms with E-state index in [4.69, 9.17) is 0 Å². The van der Waals surface area contributed by atoms with Crippen LogP contribution in [0.4, 0.5) is 26.3 Å². The molecule has 28 heavy (non-hydrogen) atoms. The van der Waals surface area contributed by atoms with Gasteiger partial charge in [-0.05, 0) is 26.2 Å². The molecule has 0 amide bonds. The molecule has 0 rings (SSSR count). The summed E-state index contributed by atoms with van der Waals surface area (Å²) in [5.74, 6) is 0. The van der Waals surface area contributed by atoms with Crippen molar-refractivity contribution in [1.29, 1.82) is 0 Å². The Morgan fingerprint density at radius 2 is 0.714 bits per heavy atom. The number of rotatable bonds is 7. The van der Waals surface area contributed by atoms with Gasteiger partial charge in [0, 0.05) is 0 Å². The van der Waals surface area contributed by atoms with Crippen molar-refractivity contribution in [1.82, 2.24) is 0 Å². The third kappa shape index (κ3) is 5.11. The Kier molecular flexibility index (Phi) is 7.52. The molecule has 0 aromatic carbocycles. The van der Waals surface area contributed by atoms with Gasteiger partial charge in [0.15, 0.2) is 15.7 Å². The maximum absolute atomic E-state index is 12.8. The number of alkyl halides is 6. The van der Waals surface area contributed by atoms with Crippen LogP contribution in [-0.2, 0) is 28.0 Å². The molecule has 0 aromatic rings. The van der Waals surface area contributed by atoms with Crippen molar-refractivity contribution in [3.63, 3.8) is 0 Å².